The van der Waals surface area contributed by atoms with Crippen molar-refractivity contribution in [1.29, 1.82) is 0 Å². The molecular formula is C15H23N. The minimum atomic E-state index is 0.664. The Morgan fingerprint density at radius 1 is 1.25 bits per heavy atom. The average molecular weight is 217 g/mol. The number of hydrogen-bond donors (Lipinski definition) is 1. The molecule has 0 bridgehead atoms. The van der Waals surface area contributed by atoms with Crippen LogP contribution in [0.15, 0.2) is 24.3 Å². The predicted molar refractivity (Wildman–Crippen MR) is 69.6 cm³/mol. The lowest BCUT2D eigenvalue weighted by Gasteiger charge is -2.28. The molecule has 0 radical (unpaired) electrons. The van der Waals surface area contributed by atoms with E-state index in [1.807, 2.05) is 0 Å². The summed E-state index contributed by atoms with van der Waals surface area (Å²) in [6.45, 7) is 4.65. The van der Waals surface area contributed by atoms with Gasteiger partial charge in [-0.3, -0.25) is 0 Å². The molecule has 1 nitrogen and oxygen atoms in total. The van der Waals surface area contributed by atoms with Crippen LogP contribution in [0.1, 0.15) is 31.4 Å². The standard InChI is InChI=1S/C15H23N/c1-4-11(2)15(16-3)14-9-12-7-5-6-8-13(12)10-14/h5-8,11,14-16H,4,9-10H2,1-3H3. The highest BCUT2D eigenvalue weighted by Gasteiger charge is 2.29. The molecule has 0 saturated heterocycles. The molecule has 0 heterocycles. The van der Waals surface area contributed by atoms with Gasteiger partial charge >= 0.3 is 0 Å². The molecule has 1 aromatic carbocycles. The lowest BCUT2D eigenvalue weighted by atomic mass is 9.86. The van der Waals surface area contributed by atoms with Crippen LogP contribution >= 0.6 is 0 Å². The van der Waals surface area contributed by atoms with E-state index in [0.717, 1.165) is 11.8 Å². The van der Waals surface area contributed by atoms with Crippen LogP contribution in [-0.4, -0.2) is 13.1 Å². The highest BCUT2D eigenvalue weighted by molar-refractivity contribution is 5.32. The van der Waals surface area contributed by atoms with Crippen LogP contribution < -0.4 is 5.32 Å². The number of hydrogen-bond acceptors (Lipinski definition) is 1. The van der Waals surface area contributed by atoms with Crippen molar-refractivity contribution in [3.8, 4) is 0 Å². The van der Waals surface area contributed by atoms with Crippen molar-refractivity contribution < 1.29 is 0 Å². The molecule has 2 atom stereocenters. The summed E-state index contributed by atoms with van der Waals surface area (Å²) in [4.78, 5) is 0. The van der Waals surface area contributed by atoms with Gasteiger partial charge in [0.25, 0.3) is 0 Å². The Balaban J connectivity index is 2.09. The average Bonchev–Trinajstić information content (AvgIpc) is 2.72. The highest BCUT2D eigenvalue weighted by atomic mass is 14.9. The Morgan fingerprint density at radius 3 is 2.25 bits per heavy atom. The second-order valence-corrected chi connectivity index (χ2v) is 5.14. The molecule has 88 valence electrons. The third kappa shape index (κ3) is 2.15. The summed E-state index contributed by atoms with van der Waals surface area (Å²) >= 11 is 0. The van der Waals surface area contributed by atoms with E-state index < -0.39 is 0 Å². The van der Waals surface area contributed by atoms with E-state index in [2.05, 4.69) is 50.5 Å². The monoisotopic (exact) mass is 217 g/mol. The van der Waals surface area contributed by atoms with Gasteiger partial charge in [-0.2, -0.15) is 0 Å². The number of rotatable bonds is 4. The van der Waals surface area contributed by atoms with Gasteiger partial charge in [-0.1, -0.05) is 44.5 Å². The lowest BCUT2D eigenvalue weighted by molar-refractivity contribution is 0.284. The first-order chi connectivity index (χ1) is 7.76. The van der Waals surface area contributed by atoms with E-state index in [1.54, 1.807) is 11.1 Å². The van der Waals surface area contributed by atoms with Gasteiger partial charge in [-0.15, -0.1) is 0 Å². The second-order valence-electron chi connectivity index (χ2n) is 5.14. The second kappa shape index (κ2) is 5.01. The third-order valence-corrected chi connectivity index (χ3v) is 4.18. The number of fused-ring (bicyclic) bond motifs is 1. The van der Waals surface area contributed by atoms with Crippen LogP contribution in [0.25, 0.3) is 0 Å². The fourth-order valence-electron chi connectivity index (χ4n) is 3.09. The quantitative estimate of drug-likeness (QED) is 0.817. The normalized spacial score (nSPS) is 19.4. The first kappa shape index (κ1) is 11.7. The van der Waals surface area contributed by atoms with Crippen LogP contribution in [0.5, 0.6) is 0 Å². The molecule has 16 heavy (non-hydrogen) atoms. The molecular weight excluding hydrogens is 194 g/mol. The summed E-state index contributed by atoms with van der Waals surface area (Å²) in [5.41, 5.74) is 3.13. The maximum Gasteiger partial charge on any atom is 0.0124 e. The topological polar surface area (TPSA) is 12.0 Å². The summed E-state index contributed by atoms with van der Waals surface area (Å²) in [5, 5.41) is 3.53. The molecule has 0 aliphatic heterocycles. The molecule has 0 saturated carbocycles. The fourth-order valence-corrected chi connectivity index (χ4v) is 3.09. The maximum absolute atomic E-state index is 3.53. The number of benzene rings is 1. The van der Waals surface area contributed by atoms with Gasteiger partial charge in [-0.25, -0.2) is 0 Å². The molecule has 1 heteroatoms. The van der Waals surface area contributed by atoms with E-state index in [1.165, 1.54) is 19.3 Å². The minimum Gasteiger partial charge on any atom is -0.316 e. The van der Waals surface area contributed by atoms with Gasteiger partial charge in [0.05, 0.1) is 0 Å². The van der Waals surface area contributed by atoms with Crippen LogP contribution in [0, 0.1) is 11.8 Å². The Kier molecular flexibility index (Phi) is 3.65. The van der Waals surface area contributed by atoms with Crippen molar-refractivity contribution in [3.63, 3.8) is 0 Å². The SMILES string of the molecule is CCC(C)C(NC)C1Cc2ccccc2C1. The lowest BCUT2D eigenvalue weighted by Crippen LogP contribution is -2.39. The molecule has 2 rings (SSSR count). The van der Waals surface area contributed by atoms with Crippen LogP contribution in [-0.2, 0) is 12.8 Å². The molecule has 1 N–H and O–H groups in total. The minimum absolute atomic E-state index is 0.664. The van der Waals surface area contributed by atoms with E-state index in [-0.39, 0.29) is 0 Å². The maximum atomic E-state index is 3.53. The molecule has 1 aliphatic rings. The molecule has 0 spiro atoms. The Bertz CT molecular complexity index is 320. The van der Waals surface area contributed by atoms with Gasteiger partial charge in [0, 0.05) is 6.04 Å². The van der Waals surface area contributed by atoms with Gasteiger partial charge in [0.15, 0.2) is 0 Å². The Labute approximate surface area is 99.3 Å². The third-order valence-electron chi connectivity index (χ3n) is 4.18. The van der Waals surface area contributed by atoms with Gasteiger partial charge < -0.3 is 5.32 Å². The smallest absolute Gasteiger partial charge is 0.0124 e. The Morgan fingerprint density at radius 2 is 1.81 bits per heavy atom. The van der Waals surface area contributed by atoms with Gasteiger partial charge in [0.2, 0.25) is 0 Å². The van der Waals surface area contributed by atoms with Crippen molar-refractivity contribution in [1.82, 2.24) is 5.32 Å². The van der Waals surface area contributed by atoms with Crippen molar-refractivity contribution in [3.05, 3.63) is 35.4 Å². The molecule has 0 amide bonds. The summed E-state index contributed by atoms with van der Waals surface area (Å²) in [7, 11) is 2.11. The zero-order valence-electron chi connectivity index (χ0n) is 10.7. The van der Waals surface area contributed by atoms with Crippen molar-refractivity contribution in [2.45, 2.75) is 39.2 Å². The molecule has 0 aromatic heterocycles. The molecule has 0 fully saturated rings. The first-order valence-corrected chi connectivity index (χ1v) is 6.50. The van der Waals surface area contributed by atoms with Gasteiger partial charge in [0.1, 0.15) is 0 Å². The Hall–Kier alpha value is -0.820. The zero-order valence-corrected chi connectivity index (χ0v) is 10.7. The van der Waals surface area contributed by atoms with E-state index in [9.17, 15) is 0 Å². The van der Waals surface area contributed by atoms with E-state index in [4.69, 9.17) is 0 Å². The van der Waals surface area contributed by atoms with E-state index in [0.29, 0.717) is 6.04 Å². The first-order valence-electron chi connectivity index (χ1n) is 6.50. The van der Waals surface area contributed by atoms with Crippen LogP contribution in [0.2, 0.25) is 0 Å². The predicted octanol–water partition coefficient (Wildman–Crippen LogP) is 3.04. The zero-order chi connectivity index (χ0) is 11.5. The van der Waals surface area contributed by atoms with Crippen molar-refractivity contribution in [2.24, 2.45) is 11.8 Å². The van der Waals surface area contributed by atoms with Crippen LogP contribution in [0.4, 0.5) is 0 Å². The fraction of sp³-hybridized carbons (Fsp3) is 0.600. The van der Waals surface area contributed by atoms with E-state index >= 15 is 0 Å². The molecule has 1 aromatic rings. The summed E-state index contributed by atoms with van der Waals surface area (Å²) < 4.78 is 0. The largest absolute Gasteiger partial charge is 0.316 e. The number of nitrogens with one attached hydrogen (secondary N) is 1. The highest BCUT2D eigenvalue weighted by Crippen LogP contribution is 2.31. The molecule has 2 unspecified atom stereocenters. The van der Waals surface area contributed by atoms with Crippen molar-refractivity contribution >= 4 is 0 Å². The summed E-state index contributed by atoms with van der Waals surface area (Å²) in [6, 6.07) is 9.58. The summed E-state index contributed by atoms with van der Waals surface area (Å²) in [6.07, 6.45) is 3.77. The summed E-state index contributed by atoms with van der Waals surface area (Å²) in [5.74, 6) is 1.56. The van der Waals surface area contributed by atoms with Crippen molar-refractivity contribution in [2.75, 3.05) is 7.05 Å². The molecule has 1 aliphatic carbocycles. The van der Waals surface area contributed by atoms with Gasteiger partial charge in [-0.05, 0) is 42.9 Å². The van der Waals surface area contributed by atoms with Crippen LogP contribution in [0.3, 0.4) is 0 Å².